The third kappa shape index (κ3) is 2.40. The van der Waals surface area contributed by atoms with Crippen LogP contribution in [0.2, 0.25) is 10.2 Å². The molecule has 6 nitrogen and oxygen atoms in total. The lowest BCUT2D eigenvalue weighted by molar-refractivity contribution is 0.599. The molecule has 0 aliphatic carbocycles. The highest BCUT2D eigenvalue weighted by atomic mass is 35.5. The molecule has 0 bridgehead atoms. The van der Waals surface area contributed by atoms with E-state index in [0.29, 0.717) is 10.2 Å². The number of aliphatic imine (C=N–C) groups is 1. The van der Waals surface area contributed by atoms with Crippen molar-refractivity contribution in [1.82, 2.24) is 10.4 Å². The smallest absolute Gasteiger partial charge is 0.219 e. The van der Waals surface area contributed by atoms with E-state index < -0.39 is 0 Å². The number of aromatic nitrogens is 1. The molecule has 116 valence electrons. The van der Waals surface area contributed by atoms with E-state index in [-0.39, 0.29) is 6.29 Å². The van der Waals surface area contributed by atoms with E-state index in [1.54, 1.807) is 12.4 Å². The Morgan fingerprint density at radius 1 is 1.22 bits per heavy atom. The maximum atomic E-state index is 6.10. The molecule has 2 aromatic rings. The molecular weight excluding hydrogens is 335 g/mol. The van der Waals surface area contributed by atoms with Gasteiger partial charge in [-0.3, -0.25) is 10.3 Å². The number of anilines is 2. The highest BCUT2D eigenvalue weighted by Crippen LogP contribution is 2.30. The summed E-state index contributed by atoms with van der Waals surface area (Å²) in [6.45, 7) is 0. The zero-order chi connectivity index (χ0) is 16.0. The maximum absolute atomic E-state index is 6.10. The normalized spacial score (nSPS) is 18.1. The molecular formula is C15H12Cl2N6. The predicted octanol–water partition coefficient (Wildman–Crippen LogP) is 2.92. The van der Waals surface area contributed by atoms with E-state index in [1.807, 2.05) is 47.2 Å². The fourth-order valence-corrected chi connectivity index (χ4v) is 2.93. The van der Waals surface area contributed by atoms with Crippen molar-refractivity contribution in [1.29, 1.82) is 0 Å². The minimum absolute atomic E-state index is 0.329. The predicted molar refractivity (Wildman–Crippen MR) is 93.5 cm³/mol. The fourth-order valence-electron chi connectivity index (χ4n) is 2.61. The van der Waals surface area contributed by atoms with E-state index in [2.05, 4.69) is 15.5 Å². The number of amidine groups is 1. The first-order chi connectivity index (χ1) is 11.1. The summed E-state index contributed by atoms with van der Waals surface area (Å²) in [4.78, 5) is 13.0. The molecule has 4 rings (SSSR count). The van der Waals surface area contributed by atoms with Crippen molar-refractivity contribution < 1.29 is 0 Å². The maximum Gasteiger partial charge on any atom is 0.219 e. The van der Waals surface area contributed by atoms with Gasteiger partial charge < -0.3 is 4.90 Å². The molecule has 1 aromatic carbocycles. The van der Waals surface area contributed by atoms with E-state index in [9.17, 15) is 0 Å². The van der Waals surface area contributed by atoms with Gasteiger partial charge in [-0.2, -0.15) is 5.10 Å². The first kappa shape index (κ1) is 14.3. The Morgan fingerprint density at radius 2 is 2.09 bits per heavy atom. The number of pyridine rings is 1. The van der Waals surface area contributed by atoms with Crippen LogP contribution in [0.15, 0.2) is 46.5 Å². The van der Waals surface area contributed by atoms with E-state index in [0.717, 1.165) is 22.9 Å². The van der Waals surface area contributed by atoms with Gasteiger partial charge in [0, 0.05) is 17.8 Å². The van der Waals surface area contributed by atoms with E-state index >= 15 is 0 Å². The van der Waals surface area contributed by atoms with Crippen LogP contribution in [-0.2, 0) is 0 Å². The summed E-state index contributed by atoms with van der Waals surface area (Å²) in [7, 11) is 1.94. The van der Waals surface area contributed by atoms with Crippen molar-refractivity contribution >= 4 is 46.9 Å². The average Bonchev–Trinajstić information content (AvgIpc) is 3.02. The fraction of sp³-hybridized carbons (Fsp3) is 0.133. The lowest BCUT2D eigenvalue weighted by atomic mass is 10.1. The first-order valence-electron chi connectivity index (χ1n) is 6.94. The third-order valence-electron chi connectivity index (χ3n) is 3.72. The molecule has 1 unspecified atom stereocenters. The molecule has 0 fully saturated rings. The highest BCUT2D eigenvalue weighted by molar-refractivity contribution is 6.31. The van der Waals surface area contributed by atoms with Crippen molar-refractivity contribution in [2.45, 2.75) is 6.29 Å². The molecule has 2 aliphatic rings. The highest BCUT2D eigenvalue weighted by Gasteiger charge is 2.32. The molecule has 8 heteroatoms. The quantitative estimate of drug-likeness (QED) is 0.806. The van der Waals surface area contributed by atoms with Crippen LogP contribution in [0.25, 0.3) is 0 Å². The van der Waals surface area contributed by atoms with Crippen molar-refractivity contribution in [3.8, 4) is 0 Å². The van der Waals surface area contributed by atoms with Gasteiger partial charge in [-0.05, 0) is 30.3 Å². The number of rotatable bonds is 1. The van der Waals surface area contributed by atoms with E-state index in [1.165, 1.54) is 0 Å². The molecule has 0 spiro atoms. The Morgan fingerprint density at radius 3 is 2.91 bits per heavy atom. The van der Waals surface area contributed by atoms with Crippen molar-refractivity contribution in [3.63, 3.8) is 0 Å². The summed E-state index contributed by atoms with van der Waals surface area (Å²) in [5, 5.41) is 5.15. The number of halogens is 2. The number of hydrogen-bond acceptors (Lipinski definition) is 6. The number of hydrazone groups is 1. The Kier molecular flexibility index (Phi) is 3.36. The van der Waals surface area contributed by atoms with Gasteiger partial charge >= 0.3 is 0 Å². The SMILES string of the molecule is CN(C1=NC2NN=CN2c2nc(Cl)ccc21)c1cccc(Cl)c1. The molecule has 3 heterocycles. The minimum atomic E-state index is -0.329. The number of hydrogen-bond donors (Lipinski definition) is 1. The zero-order valence-electron chi connectivity index (χ0n) is 12.1. The lowest BCUT2D eigenvalue weighted by Crippen LogP contribution is -2.44. The summed E-state index contributed by atoms with van der Waals surface area (Å²) < 4.78 is 0. The van der Waals surface area contributed by atoms with Crippen LogP contribution in [0.1, 0.15) is 5.56 Å². The molecule has 0 radical (unpaired) electrons. The second-order valence-corrected chi connectivity index (χ2v) is 5.98. The summed E-state index contributed by atoms with van der Waals surface area (Å²) in [6, 6.07) is 11.3. The summed E-state index contributed by atoms with van der Waals surface area (Å²) in [6.07, 6.45) is 1.33. The Bertz CT molecular complexity index is 834. The molecule has 1 aromatic heterocycles. The molecule has 1 N–H and O–H groups in total. The number of nitrogens with zero attached hydrogens (tertiary/aromatic N) is 5. The monoisotopic (exact) mass is 346 g/mol. The van der Waals surface area contributed by atoms with Crippen LogP contribution >= 0.6 is 23.2 Å². The van der Waals surface area contributed by atoms with Gasteiger partial charge in [0.05, 0.1) is 5.56 Å². The molecule has 2 aliphatic heterocycles. The Hall–Kier alpha value is -2.31. The van der Waals surface area contributed by atoms with Gasteiger partial charge in [0.25, 0.3) is 0 Å². The Balaban J connectivity index is 1.82. The van der Waals surface area contributed by atoms with Gasteiger partial charge in [-0.25, -0.2) is 9.98 Å². The van der Waals surface area contributed by atoms with Crippen molar-refractivity contribution in [2.75, 3.05) is 16.8 Å². The lowest BCUT2D eigenvalue weighted by Gasteiger charge is -2.32. The van der Waals surface area contributed by atoms with Crippen LogP contribution in [0.3, 0.4) is 0 Å². The van der Waals surface area contributed by atoms with Gasteiger partial charge in [0.1, 0.15) is 23.1 Å². The average molecular weight is 347 g/mol. The van der Waals surface area contributed by atoms with Crippen LogP contribution in [0.5, 0.6) is 0 Å². The van der Waals surface area contributed by atoms with Crippen LogP contribution in [0.4, 0.5) is 11.5 Å². The zero-order valence-corrected chi connectivity index (χ0v) is 13.6. The molecule has 0 saturated heterocycles. The van der Waals surface area contributed by atoms with Gasteiger partial charge in [0.15, 0.2) is 0 Å². The number of nitrogens with one attached hydrogen (secondary N) is 1. The summed E-state index contributed by atoms with van der Waals surface area (Å²) in [5.74, 6) is 1.49. The van der Waals surface area contributed by atoms with Crippen LogP contribution in [0, 0.1) is 0 Å². The van der Waals surface area contributed by atoms with Gasteiger partial charge in [-0.15, -0.1) is 0 Å². The number of fused-ring (bicyclic) bond motifs is 3. The van der Waals surface area contributed by atoms with Crippen molar-refractivity contribution in [2.24, 2.45) is 10.1 Å². The minimum Gasteiger partial charge on any atom is -0.329 e. The molecule has 0 amide bonds. The standard InChI is InChI=1S/C15H12Cl2N6/c1-22(10-4-2-3-9(16)7-10)13-11-5-6-12(17)19-14(11)23-8-18-21-15(23)20-13/h2-8,15,21H,1H3. The summed E-state index contributed by atoms with van der Waals surface area (Å²) >= 11 is 12.2. The topological polar surface area (TPSA) is 56.1 Å². The second kappa shape index (κ2) is 5.40. The molecule has 0 saturated carbocycles. The van der Waals surface area contributed by atoms with Gasteiger partial charge in [-0.1, -0.05) is 29.3 Å². The second-order valence-electron chi connectivity index (χ2n) is 5.15. The summed E-state index contributed by atoms with van der Waals surface area (Å²) in [5.41, 5.74) is 4.75. The largest absolute Gasteiger partial charge is 0.329 e. The molecule has 1 atom stereocenters. The van der Waals surface area contributed by atoms with Crippen LogP contribution in [-0.4, -0.2) is 30.5 Å². The Labute approximate surface area is 143 Å². The molecule has 23 heavy (non-hydrogen) atoms. The third-order valence-corrected chi connectivity index (χ3v) is 4.17. The van der Waals surface area contributed by atoms with Crippen molar-refractivity contribution in [3.05, 3.63) is 52.1 Å². The number of benzene rings is 1. The first-order valence-corrected chi connectivity index (χ1v) is 7.70. The van der Waals surface area contributed by atoms with Crippen LogP contribution < -0.4 is 15.2 Å². The van der Waals surface area contributed by atoms with Gasteiger partial charge in [0.2, 0.25) is 6.29 Å². The van der Waals surface area contributed by atoms with E-state index in [4.69, 9.17) is 28.2 Å².